The van der Waals surface area contributed by atoms with E-state index in [-0.39, 0.29) is 11.7 Å². The van der Waals surface area contributed by atoms with Gasteiger partial charge in [-0.05, 0) is 0 Å². The molecule has 0 aromatic heterocycles. The van der Waals surface area contributed by atoms with E-state index in [1.807, 2.05) is 6.07 Å². The molecule has 0 unspecified atom stereocenters. The van der Waals surface area contributed by atoms with Crippen molar-refractivity contribution in [3.8, 4) is 0 Å². The summed E-state index contributed by atoms with van der Waals surface area (Å²) in [5.74, 6) is -0.490. The molecule has 0 aliphatic rings. The normalized spacial score (nSPS) is 11.3. The van der Waals surface area contributed by atoms with Crippen molar-refractivity contribution in [3.05, 3.63) is 35.9 Å². The molecule has 13 heavy (non-hydrogen) atoms. The Kier molecular flexibility index (Phi) is 3.60. The summed E-state index contributed by atoms with van der Waals surface area (Å²) >= 11 is 16.8. The summed E-state index contributed by atoms with van der Waals surface area (Å²) in [5.41, 5.74) is 0.466. The highest BCUT2D eigenvalue weighted by Gasteiger charge is 2.33. The number of benzene rings is 1. The van der Waals surface area contributed by atoms with E-state index < -0.39 is 4.33 Å². The summed E-state index contributed by atoms with van der Waals surface area (Å²) in [7, 11) is 0. The van der Waals surface area contributed by atoms with Crippen LogP contribution in [-0.2, 0) is 0 Å². The smallest absolute Gasteiger partial charge is 0.200 e. The molecule has 0 bridgehead atoms. The van der Waals surface area contributed by atoms with Crippen molar-refractivity contribution in [2.24, 2.45) is 0 Å². The van der Waals surface area contributed by atoms with E-state index in [4.69, 9.17) is 34.8 Å². The Hall–Kier alpha value is -0.240. The van der Waals surface area contributed by atoms with Crippen LogP contribution in [-0.4, -0.2) is 16.0 Å². The Labute approximate surface area is 91.6 Å². The second-order valence-electron chi connectivity index (χ2n) is 2.53. The third-order valence-corrected chi connectivity index (χ3v) is 2.82. The molecule has 0 aliphatic heterocycles. The van der Waals surface area contributed by atoms with Gasteiger partial charge in [0.1, 0.15) is 0 Å². The van der Waals surface area contributed by atoms with Gasteiger partial charge in [-0.25, -0.2) is 0 Å². The molecule has 70 valence electrons. The van der Waals surface area contributed by atoms with Gasteiger partial charge in [-0.15, -0.1) is 11.6 Å². The van der Waals surface area contributed by atoms with Crippen LogP contribution in [0, 0.1) is 0 Å². The van der Waals surface area contributed by atoms with Crippen LogP contribution in [0.25, 0.3) is 0 Å². The molecule has 0 aliphatic carbocycles. The minimum Gasteiger partial charge on any atom is -0.291 e. The Morgan fingerprint density at radius 3 is 2.23 bits per heavy atom. The zero-order valence-corrected chi connectivity index (χ0v) is 8.90. The number of halogens is 3. The number of rotatable bonds is 3. The minimum atomic E-state index is -1.52. The molecule has 1 nitrogen and oxygen atoms in total. The van der Waals surface area contributed by atoms with E-state index in [9.17, 15) is 4.79 Å². The fraction of sp³-hybridized carbons (Fsp3) is 0.222. The molecule has 1 aromatic rings. The molecule has 0 fully saturated rings. The SMILES string of the molecule is O=C(c1ccccc1)C(Cl)(Cl)CCl. The standard InChI is InChI=1S/C9H7Cl3O/c10-6-9(11,12)8(13)7-4-2-1-3-5-7/h1-5H,6H2. The number of hydrogen-bond donors (Lipinski definition) is 0. The van der Waals surface area contributed by atoms with Crippen molar-refractivity contribution in [3.63, 3.8) is 0 Å². The molecule has 1 rings (SSSR count). The lowest BCUT2D eigenvalue weighted by molar-refractivity contribution is 0.0979. The number of carbonyl (C=O) groups excluding carboxylic acids is 1. The first kappa shape index (κ1) is 10.8. The zero-order chi connectivity index (χ0) is 9.90. The van der Waals surface area contributed by atoms with Crippen molar-refractivity contribution in [1.82, 2.24) is 0 Å². The topological polar surface area (TPSA) is 17.1 Å². The fourth-order valence-corrected chi connectivity index (χ4v) is 1.20. The van der Waals surface area contributed by atoms with Gasteiger partial charge in [0.2, 0.25) is 0 Å². The van der Waals surface area contributed by atoms with Gasteiger partial charge < -0.3 is 0 Å². The number of Topliss-reactive ketones (excluding diaryl/α,β-unsaturated/α-hetero) is 1. The van der Waals surface area contributed by atoms with Gasteiger partial charge in [0.05, 0.1) is 5.88 Å². The van der Waals surface area contributed by atoms with E-state index >= 15 is 0 Å². The Morgan fingerprint density at radius 1 is 1.23 bits per heavy atom. The van der Waals surface area contributed by atoms with Gasteiger partial charge in [0.15, 0.2) is 10.1 Å². The molecule has 0 saturated carbocycles. The lowest BCUT2D eigenvalue weighted by Gasteiger charge is -2.13. The highest BCUT2D eigenvalue weighted by molar-refractivity contribution is 6.62. The third-order valence-electron chi connectivity index (χ3n) is 1.54. The van der Waals surface area contributed by atoms with Crippen LogP contribution in [0.5, 0.6) is 0 Å². The Balaban J connectivity index is 2.93. The predicted octanol–water partition coefficient (Wildman–Crippen LogP) is 3.28. The van der Waals surface area contributed by atoms with Crippen LogP contribution in [0.2, 0.25) is 0 Å². The maximum absolute atomic E-state index is 11.5. The van der Waals surface area contributed by atoms with Crippen molar-refractivity contribution >= 4 is 40.6 Å². The number of alkyl halides is 3. The van der Waals surface area contributed by atoms with E-state index in [2.05, 4.69) is 0 Å². The maximum Gasteiger partial charge on any atom is 0.200 e. The molecule has 0 amide bonds. The highest BCUT2D eigenvalue weighted by atomic mass is 35.5. The van der Waals surface area contributed by atoms with Crippen molar-refractivity contribution in [2.45, 2.75) is 4.33 Å². The van der Waals surface area contributed by atoms with Crippen LogP contribution in [0.3, 0.4) is 0 Å². The van der Waals surface area contributed by atoms with Crippen LogP contribution >= 0.6 is 34.8 Å². The maximum atomic E-state index is 11.5. The van der Waals surface area contributed by atoms with Gasteiger partial charge in [-0.2, -0.15) is 0 Å². The summed E-state index contributed by atoms with van der Waals surface area (Å²) in [5, 5.41) is 0. The monoisotopic (exact) mass is 236 g/mol. The summed E-state index contributed by atoms with van der Waals surface area (Å²) in [6.07, 6.45) is 0. The highest BCUT2D eigenvalue weighted by Crippen LogP contribution is 2.27. The summed E-state index contributed by atoms with van der Waals surface area (Å²) in [4.78, 5) is 11.5. The Morgan fingerprint density at radius 2 is 1.77 bits per heavy atom. The van der Waals surface area contributed by atoms with Gasteiger partial charge >= 0.3 is 0 Å². The molecular weight excluding hydrogens is 230 g/mol. The third kappa shape index (κ3) is 2.60. The predicted molar refractivity (Wildman–Crippen MR) is 55.9 cm³/mol. The van der Waals surface area contributed by atoms with Crippen molar-refractivity contribution in [1.29, 1.82) is 0 Å². The first-order chi connectivity index (χ1) is 6.08. The summed E-state index contributed by atoms with van der Waals surface area (Å²) < 4.78 is -1.52. The quantitative estimate of drug-likeness (QED) is 0.582. The average Bonchev–Trinajstić information content (AvgIpc) is 2.18. The van der Waals surface area contributed by atoms with Crippen LogP contribution in [0.4, 0.5) is 0 Å². The van der Waals surface area contributed by atoms with Crippen LogP contribution < -0.4 is 0 Å². The van der Waals surface area contributed by atoms with E-state index in [0.717, 1.165) is 0 Å². The van der Waals surface area contributed by atoms with Crippen LogP contribution in [0.15, 0.2) is 30.3 Å². The van der Waals surface area contributed by atoms with Gasteiger partial charge in [-0.3, -0.25) is 4.79 Å². The van der Waals surface area contributed by atoms with E-state index in [1.165, 1.54) is 0 Å². The van der Waals surface area contributed by atoms with Gasteiger partial charge in [0, 0.05) is 5.56 Å². The lowest BCUT2D eigenvalue weighted by Crippen LogP contribution is -2.27. The number of ketones is 1. The van der Waals surface area contributed by atoms with E-state index in [1.54, 1.807) is 24.3 Å². The van der Waals surface area contributed by atoms with Crippen LogP contribution in [0.1, 0.15) is 10.4 Å². The van der Waals surface area contributed by atoms with E-state index in [0.29, 0.717) is 5.56 Å². The van der Waals surface area contributed by atoms with Gasteiger partial charge in [-0.1, -0.05) is 53.5 Å². The molecule has 0 heterocycles. The second kappa shape index (κ2) is 4.32. The largest absolute Gasteiger partial charge is 0.291 e. The van der Waals surface area contributed by atoms with Crippen molar-refractivity contribution in [2.75, 3.05) is 5.88 Å². The number of carbonyl (C=O) groups is 1. The average molecular weight is 238 g/mol. The first-order valence-electron chi connectivity index (χ1n) is 3.61. The lowest BCUT2D eigenvalue weighted by atomic mass is 10.1. The molecule has 0 N–H and O–H groups in total. The zero-order valence-electron chi connectivity index (χ0n) is 6.64. The summed E-state index contributed by atoms with van der Waals surface area (Å²) in [6, 6.07) is 8.58. The van der Waals surface area contributed by atoms with Crippen molar-refractivity contribution < 1.29 is 4.79 Å². The molecular formula is C9H7Cl3O. The molecule has 1 aromatic carbocycles. The Bertz CT molecular complexity index is 295. The molecule has 0 atom stereocenters. The molecule has 0 saturated heterocycles. The molecule has 0 spiro atoms. The second-order valence-corrected chi connectivity index (χ2v) is 4.28. The molecule has 4 heteroatoms. The first-order valence-corrected chi connectivity index (χ1v) is 4.90. The fourth-order valence-electron chi connectivity index (χ4n) is 0.861. The number of hydrogen-bond acceptors (Lipinski definition) is 1. The minimum absolute atomic E-state index is 0.121. The molecule has 0 radical (unpaired) electrons. The summed E-state index contributed by atoms with van der Waals surface area (Å²) in [6.45, 7) is 0. The van der Waals surface area contributed by atoms with Gasteiger partial charge in [0.25, 0.3) is 0 Å².